The van der Waals surface area contributed by atoms with Gasteiger partial charge in [0, 0.05) is 38.2 Å². The second-order valence-corrected chi connectivity index (χ2v) is 14.4. The maximum absolute atomic E-state index is 6.72. The number of benzene rings is 9. The fourth-order valence-electron chi connectivity index (χ4n) is 8.18. The van der Waals surface area contributed by atoms with E-state index >= 15 is 0 Å². The molecular weight excluding hydrogens is 699 g/mol. The Morgan fingerprint density at radius 3 is 1.91 bits per heavy atom. The summed E-state index contributed by atoms with van der Waals surface area (Å²) < 4.78 is 13.1. The lowest BCUT2D eigenvalue weighted by Crippen LogP contribution is -2.06. The predicted octanol–water partition coefficient (Wildman–Crippen LogP) is 13.7. The van der Waals surface area contributed by atoms with Crippen molar-refractivity contribution < 1.29 is 8.83 Å². The van der Waals surface area contributed by atoms with Gasteiger partial charge < -0.3 is 8.83 Å². The number of fused-ring (bicyclic) bond motifs is 9. The predicted molar refractivity (Wildman–Crippen MR) is 238 cm³/mol. The lowest BCUT2D eigenvalue weighted by molar-refractivity contribution is 0.668. The van der Waals surface area contributed by atoms with E-state index in [1.54, 1.807) is 0 Å². The van der Waals surface area contributed by atoms with Crippen molar-refractivity contribution in [2.45, 2.75) is 6.54 Å². The quantitative estimate of drug-likeness (QED) is 0.131. The lowest BCUT2D eigenvalue weighted by atomic mass is 9.96. The molecule has 0 saturated carbocycles. The average molecular weight is 732 g/mol. The van der Waals surface area contributed by atoms with Gasteiger partial charge in [0.15, 0.2) is 11.7 Å². The summed E-state index contributed by atoms with van der Waals surface area (Å²) in [5.41, 5.74) is 8.04. The van der Waals surface area contributed by atoms with E-state index in [0.717, 1.165) is 87.9 Å². The zero-order chi connectivity index (χ0) is 37.9. The van der Waals surface area contributed by atoms with E-state index in [2.05, 4.69) is 169 Å². The number of hydrogen-bond acceptors (Lipinski definition) is 3. The van der Waals surface area contributed by atoms with Crippen LogP contribution in [0.5, 0.6) is 0 Å². The van der Waals surface area contributed by atoms with Crippen LogP contribution in [0, 0.1) is 0 Å². The van der Waals surface area contributed by atoms with Crippen molar-refractivity contribution >= 4 is 94.6 Å². The van der Waals surface area contributed by atoms with E-state index in [1.807, 2.05) is 18.2 Å². The topological polar surface area (TPSA) is 63.4 Å². The molecule has 9 aromatic carbocycles. The van der Waals surface area contributed by atoms with Gasteiger partial charge in [-0.1, -0.05) is 121 Å². The Morgan fingerprint density at radius 2 is 1.12 bits per heavy atom. The Bertz CT molecular complexity index is 3480. The molecule has 2 aromatic heterocycles. The van der Waals surface area contributed by atoms with Crippen LogP contribution in [0.2, 0.25) is 0 Å². The number of rotatable bonds is 5. The number of aliphatic imine (C=N–C) groups is 3. The van der Waals surface area contributed by atoms with E-state index in [0.29, 0.717) is 18.2 Å². The van der Waals surface area contributed by atoms with Crippen LogP contribution in [0.25, 0.3) is 87.3 Å². The van der Waals surface area contributed by atoms with E-state index in [-0.39, 0.29) is 0 Å². The molecule has 0 amide bonds. The molecule has 0 aliphatic heterocycles. The first-order valence-electron chi connectivity index (χ1n) is 19.0. The molecule has 0 spiro atoms. The van der Waals surface area contributed by atoms with Crippen molar-refractivity contribution in [1.82, 2.24) is 0 Å². The van der Waals surface area contributed by atoms with E-state index in [4.69, 9.17) is 18.8 Å². The normalized spacial score (nSPS) is 12.6. The van der Waals surface area contributed by atoms with Crippen LogP contribution in [-0.2, 0) is 6.54 Å². The number of furan rings is 2. The van der Waals surface area contributed by atoms with Gasteiger partial charge in [-0.05, 0) is 105 Å². The van der Waals surface area contributed by atoms with Crippen LogP contribution < -0.4 is 0 Å². The van der Waals surface area contributed by atoms with Crippen molar-refractivity contribution in [3.63, 3.8) is 0 Å². The van der Waals surface area contributed by atoms with Gasteiger partial charge in [-0.3, -0.25) is 4.99 Å². The Morgan fingerprint density at radius 1 is 0.474 bits per heavy atom. The smallest absolute Gasteiger partial charge is 0.161 e. The Labute approximate surface area is 327 Å². The second-order valence-electron chi connectivity index (χ2n) is 14.4. The highest BCUT2D eigenvalue weighted by Gasteiger charge is 2.20. The first kappa shape index (κ1) is 32.8. The maximum Gasteiger partial charge on any atom is 0.161 e. The number of hydrogen-bond donors (Lipinski definition) is 0. The summed E-state index contributed by atoms with van der Waals surface area (Å²) in [6.45, 7) is 4.49. The standard InChI is InChI=1S/C52H33N3O2/c1-53-52(55-51(40-21-20-34-11-3-5-13-36(34)27-40)54-31-32-18-19-33-10-2-4-12-35(33)26-32)43-24-23-41(50-49(43)42-16-8-9-17-46(42)57-50)39-22-25-47-44(29-39)45-28-37-14-6-7-15-38(37)30-48(45)56-47/h2-30H,1,31H2/b54-51-,55-52-. The fourth-order valence-corrected chi connectivity index (χ4v) is 8.18. The number of para-hydroxylation sites is 1. The summed E-state index contributed by atoms with van der Waals surface area (Å²) in [5.74, 6) is 1.04. The molecule has 0 radical (unpaired) electrons. The van der Waals surface area contributed by atoms with Crippen LogP contribution in [-0.4, -0.2) is 18.4 Å². The zero-order valence-corrected chi connectivity index (χ0v) is 30.8. The van der Waals surface area contributed by atoms with Gasteiger partial charge in [-0.15, -0.1) is 0 Å². The van der Waals surface area contributed by atoms with E-state index in [9.17, 15) is 0 Å². The van der Waals surface area contributed by atoms with Gasteiger partial charge in [0.25, 0.3) is 0 Å². The Kier molecular flexibility index (Phi) is 7.64. The van der Waals surface area contributed by atoms with Gasteiger partial charge in [0.1, 0.15) is 22.3 Å². The van der Waals surface area contributed by atoms with Gasteiger partial charge in [0.05, 0.1) is 6.54 Å². The third-order valence-electron chi connectivity index (χ3n) is 11.0. The lowest BCUT2D eigenvalue weighted by Gasteiger charge is -2.10. The summed E-state index contributed by atoms with van der Waals surface area (Å²) in [6, 6.07) is 60.9. The molecule has 0 aliphatic rings. The highest BCUT2D eigenvalue weighted by atomic mass is 16.3. The maximum atomic E-state index is 6.72. The van der Waals surface area contributed by atoms with Crippen LogP contribution in [0.1, 0.15) is 16.7 Å². The van der Waals surface area contributed by atoms with Crippen LogP contribution in [0.4, 0.5) is 0 Å². The summed E-state index contributed by atoms with van der Waals surface area (Å²) in [5, 5.41) is 11.0. The minimum absolute atomic E-state index is 0.449. The molecule has 0 fully saturated rings. The molecule has 0 saturated heterocycles. The molecule has 268 valence electrons. The highest BCUT2D eigenvalue weighted by Crippen LogP contribution is 2.41. The highest BCUT2D eigenvalue weighted by molar-refractivity contribution is 6.24. The van der Waals surface area contributed by atoms with Crippen molar-refractivity contribution in [1.29, 1.82) is 0 Å². The van der Waals surface area contributed by atoms with E-state index in [1.165, 1.54) is 16.2 Å². The number of amidine groups is 2. The minimum Gasteiger partial charge on any atom is -0.456 e. The molecule has 57 heavy (non-hydrogen) atoms. The van der Waals surface area contributed by atoms with Crippen molar-refractivity contribution in [2.24, 2.45) is 15.0 Å². The monoisotopic (exact) mass is 731 g/mol. The SMILES string of the molecule is C=N/C(=N\C(=N/Cc1ccc2ccccc2c1)c1ccc2ccccc2c1)c1ccc(-c2ccc3oc4cc5ccccc5cc4c3c2)c2oc3ccccc3c12. The van der Waals surface area contributed by atoms with Gasteiger partial charge in [0.2, 0.25) is 0 Å². The molecule has 0 aliphatic carbocycles. The molecule has 0 bridgehead atoms. The van der Waals surface area contributed by atoms with Crippen LogP contribution in [0.3, 0.4) is 0 Å². The third kappa shape index (κ3) is 5.68. The summed E-state index contributed by atoms with van der Waals surface area (Å²) in [6.07, 6.45) is 0. The molecule has 0 N–H and O–H groups in total. The minimum atomic E-state index is 0.449. The molecule has 5 nitrogen and oxygen atoms in total. The zero-order valence-electron chi connectivity index (χ0n) is 30.8. The second kappa shape index (κ2) is 13.3. The fraction of sp³-hybridized carbons (Fsp3) is 0.0192. The Hall–Kier alpha value is -7.63. The van der Waals surface area contributed by atoms with Gasteiger partial charge in [-0.2, -0.15) is 0 Å². The average Bonchev–Trinajstić information content (AvgIpc) is 3.83. The van der Waals surface area contributed by atoms with Crippen molar-refractivity contribution in [3.8, 4) is 11.1 Å². The van der Waals surface area contributed by atoms with Crippen molar-refractivity contribution in [2.75, 3.05) is 0 Å². The first-order chi connectivity index (χ1) is 28.2. The summed E-state index contributed by atoms with van der Waals surface area (Å²) in [7, 11) is 0. The molecule has 11 rings (SSSR count). The summed E-state index contributed by atoms with van der Waals surface area (Å²) >= 11 is 0. The van der Waals surface area contributed by atoms with E-state index < -0.39 is 0 Å². The van der Waals surface area contributed by atoms with Gasteiger partial charge >= 0.3 is 0 Å². The largest absolute Gasteiger partial charge is 0.456 e. The molecule has 11 aromatic rings. The van der Waals surface area contributed by atoms with Crippen LogP contribution in [0.15, 0.2) is 200 Å². The molecular formula is C52H33N3O2. The number of nitrogens with zero attached hydrogens (tertiary/aromatic N) is 3. The Balaban J connectivity index is 1.08. The molecule has 0 unspecified atom stereocenters. The van der Waals surface area contributed by atoms with Crippen molar-refractivity contribution in [3.05, 3.63) is 193 Å². The first-order valence-corrected chi connectivity index (χ1v) is 19.0. The molecule has 2 heterocycles. The summed E-state index contributed by atoms with van der Waals surface area (Å²) in [4.78, 5) is 15.0. The molecule has 5 heteroatoms. The van der Waals surface area contributed by atoms with Gasteiger partial charge in [-0.25, -0.2) is 9.98 Å². The third-order valence-corrected chi connectivity index (χ3v) is 11.0. The molecule has 0 atom stereocenters. The van der Waals surface area contributed by atoms with Crippen LogP contribution >= 0.6 is 0 Å².